The molecule has 2 saturated heterocycles. The number of piperidine rings is 1. The van der Waals surface area contributed by atoms with Crippen LogP contribution in [-0.2, 0) is 6.54 Å². The minimum Gasteiger partial charge on any atom is -0.312 e. The van der Waals surface area contributed by atoms with E-state index < -0.39 is 0 Å². The van der Waals surface area contributed by atoms with Crippen LogP contribution in [0.15, 0.2) is 18.2 Å². The van der Waals surface area contributed by atoms with Gasteiger partial charge in [0, 0.05) is 35.7 Å². The van der Waals surface area contributed by atoms with Gasteiger partial charge in [0.15, 0.2) is 0 Å². The lowest BCUT2D eigenvalue weighted by molar-refractivity contribution is 0.313. The van der Waals surface area contributed by atoms with Crippen LogP contribution in [0.5, 0.6) is 0 Å². The molecule has 3 rings (SSSR count). The molecular formula is C14H18Cl2N2. The van der Waals surface area contributed by atoms with Crippen molar-refractivity contribution in [1.29, 1.82) is 0 Å². The Hall–Kier alpha value is -0.280. The highest BCUT2D eigenvalue weighted by atomic mass is 35.5. The fourth-order valence-corrected chi connectivity index (χ4v) is 3.54. The molecule has 0 aromatic heterocycles. The number of nitrogens with one attached hydrogen (secondary N) is 1. The van der Waals surface area contributed by atoms with E-state index in [4.69, 9.17) is 23.2 Å². The molecule has 0 unspecified atom stereocenters. The summed E-state index contributed by atoms with van der Waals surface area (Å²) in [4.78, 5) is 2.49. The summed E-state index contributed by atoms with van der Waals surface area (Å²) in [5, 5.41) is 5.21. The van der Waals surface area contributed by atoms with Crippen molar-refractivity contribution in [2.75, 3.05) is 19.6 Å². The second-order valence-corrected chi connectivity index (χ2v) is 6.24. The molecule has 0 spiro atoms. The third kappa shape index (κ3) is 2.67. The number of rotatable bonds is 2. The van der Waals surface area contributed by atoms with Crippen LogP contribution < -0.4 is 5.32 Å². The van der Waals surface area contributed by atoms with Crippen molar-refractivity contribution in [3.8, 4) is 0 Å². The van der Waals surface area contributed by atoms with Crippen molar-refractivity contribution in [3.05, 3.63) is 33.8 Å². The van der Waals surface area contributed by atoms with E-state index >= 15 is 0 Å². The molecular weight excluding hydrogens is 267 g/mol. The van der Waals surface area contributed by atoms with Gasteiger partial charge in [-0.2, -0.15) is 0 Å². The number of likely N-dealkylation sites (tertiary alicyclic amines) is 1. The third-order valence-electron chi connectivity index (χ3n) is 4.08. The summed E-state index contributed by atoms with van der Waals surface area (Å²) in [7, 11) is 0. The quantitative estimate of drug-likeness (QED) is 0.898. The smallest absolute Gasteiger partial charge is 0.0452 e. The van der Waals surface area contributed by atoms with E-state index in [-0.39, 0.29) is 0 Å². The Morgan fingerprint density at radius 3 is 3.00 bits per heavy atom. The fourth-order valence-electron chi connectivity index (χ4n) is 3.17. The second kappa shape index (κ2) is 5.38. The fraction of sp³-hybridized carbons (Fsp3) is 0.571. The molecule has 2 fully saturated rings. The highest BCUT2D eigenvalue weighted by Gasteiger charge is 2.34. The van der Waals surface area contributed by atoms with Crippen LogP contribution in [-0.4, -0.2) is 30.6 Å². The van der Waals surface area contributed by atoms with E-state index in [9.17, 15) is 0 Å². The second-order valence-electron chi connectivity index (χ2n) is 5.39. The molecule has 0 bridgehead atoms. The molecule has 0 amide bonds. The first kappa shape index (κ1) is 12.7. The van der Waals surface area contributed by atoms with Gasteiger partial charge in [0.1, 0.15) is 0 Å². The number of hydrogen-bond donors (Lipinski definition) is 1. The summed E-state index contributed by atoms with van der Waals surface area (Å²) in [5.41, 5.74) is 1.14. The highest BCUT2D eigenvalue weighted by Crippen LogP contribution is 2.28. The monoisotopic (exact) mass is 284 g/mol. The Bertz CT molecular complexity index is 422. The van der Waals surface area contributed by atoms with Gasteiger partial charge in [0.05, 0.1) is 0 Å². The molecule has 18 heavy (non-hydrogen) atoms. The SMILES string of the molecule is Clc1ccc(Cl)c(CN2C[C@@H]3CCCN[C@@H]3C2)c1. The number of hydrogen-bond acceptors (Lipinski definition) is 2. The van der Waals surface area contributed by atoms with Crippen molar-refractivity contribution < 1.29 is 0 Å². The van der Waals surface area contributed by atoms with Gasteiger partial charge in [-0.05, 0) is 49.1 Å². The molecule has 1 aromatic rings. The van der Waals surface area contributed by atoms with E-state index in [1.807, 2.05) is 18.2 Å². The maximum absolute atomic E-state index is 6.23. The average Bonchev–Trinajstić information content (AvgIpc) is 2.76. The topological polar surface area (TPSA) is 15.3 Å². The van der Waals surface area contributed by atoms with Crippen molar-refractivity contribution in [2.45, 2.75) is 25.4 Å². The van der Waals surface area contributed by atoms with Gasteiger partial charge in [-0.3, -0.25) is 4.90 Å². The van der Waals surface area contributed by atoms with Gasteiger partial charge in [0.25, 0.3) is 0 Å². The first-order valence-corrected chi connectivity index (χ1v) is 7.37. The molecule has 4 heteroatoms. The van der Waals surface area contributed by atoms with Crippen LogP contribution in [0.1, 0.15) is 18.4 Å². The summed E-state index contributed by atoms with van der Waals surface area (Å²) in [6.45, 7) is 4.40. The molecule has 2 aliphatic heterocycles. The summed E-state index contributed by atoms with van der Waals surface area (Å²) in [6.07, 6.45) is 2.67. The molecule has 0 aliphatic carbocycles. The molecule has 2 aliphatic rings. The van der Waals surface area contributed by atoms with Gasteiger partial charge in [-0.25, -0.2) is 0 Å². The normalized spacial score (nSPS) is 28.3. The number of halogens is 2. The van der Waals surface area contributed by atoms with Crippen LogP contribution in [0.3, 0.4) is 0 Å². The van der Waals surface area contributed by atoms with E-state index in [0.29, 0.717) is 6.04 Å². The molecule has 2 nitrogen and oxygen atoms in total. The molecule has 1 aromatic carbocycles. The van der Waals surface area contributed by atoms with Gasteiger partial charge < -0.3 is 5.32 Å². The van der Waals surface area contributed by atoms with Gasteiger partial charge >= 0.3 is 0 Å². The zero-order valence-corrected chi connectivity index (χ0v) is 11.8. The first-order chi connectivity index (χ1) is 8.72. The lowest BCUT2D eigenvalue weighted by Crippen LogP contribution is -2.40. The summed E-state index contributed by atoms with van der Waals surface area (Å²) < 4.78 is 0. The zero-order chi connectivity index (χ0) is 12.5. The Morgan fingerprint density at radius 1 is 1.28 bits per heavy atom. The van der Waals surface area contributed by atoms with E-state index in [1.54, 1.807) is 0 Å². The van der Waals surface area contributed by atoms with E-state index in [2.05, 4.69) is 10.2 Å². The predicted octanol–water partition coefficient (Wildman–Crippen LogP) is 3.18. The molecule has 98 valence electrons. The zero-order valence-electron chi connectivity index (χ0n) is 10.3. The first-order valence-electron chi connectivity index (χ1n) is 6.62. The highest BCUT2D eigenvalue weighted by molar-refractivity contribution is 6.33. The maximum Gasteiger partial charge on any atom is 0.0452 e. The van der Waals surface area contributed by atoms with E-state index in [0.717, 1.165) is 34.6 Å². The van der Waals surface area contributed by atoms with Gasteiger partial charge in [-0.1, -0.05) is 23.2 Å². The Labute approximate surface area is 118 Å². The Kier molecular flexibility index (Phi) is 3.81. The van der Waals surface area contributed by atoms with Gasteiger partial charge in [-0.15, -0.1) is 0 Å². The molecule has 1 N–H and O–H groups in total. The molecule has 0 saturated carbocycles. The van der Waals surface area contributed by atoms with Crippen molar-refractivity contribution in [1.82, 2.24) is 10.2 Å². The predicted molar refractivity (Wildman–Crippen MR) is 76.3 cm³/mol. The summed E-state index contributed by atoms with van der Waals surface area (Å²) >= 11 is 12.3. The van der Waals surface area contributed by atoms with Crippen LogP contribution in [0.25, 0.3) is 0 Å². The number of nitrogens with zero attached hydrogens (tertiary/aromatic N) is 1. The van der Waals surface area contributed by atoms with Crippen LogP contribution in [0, 0.1) is 5.92 Å². The van der Waals surface area contributed by atoms with Crippen LogP contribution in [0.4, 0.5) is 0 Å². The van der Waals surface area contributed by atoms with Crippen LogP contribution >= 0.6 is 23.2 Å². The number of fused-ring (bicyclic) bond motifs is 1. The average molecular weight is 285 g/mol. The lowest BCUT2D eigenvalue weighted by atomic mass is 9.94. The van der Waals surface area contributed by atoms with Crippen molar-refractivity contribution >= 4 is 23.2 Å². The summed E-state index contributed by atoms with van der Waals surface area (Å²) in [5.74, 6) is 0.816. The van der Waals surface area contributed by atoms with Crippen LogP contribution in [0.2, 0.25) is 10.0 Å². The molecule has 2 heterocycles. The standard InChI is InChI=1S/C14H18Cl2N2/c15-12-3-4-13(16)11(6-12)8-18-7-10-2-1-5-17-14(10)9-18/h3-4,6,10,14,17H,1-2,5,7-9H2/t10-,14+/m0/s1. The summed E-state index contributed by atoms with van der Waals surface area (Å²) in [6, 6.07) is 6.40. The minimum absolute atomic E-state index is 0.678. The molecule has 0 radical (unpaired) electrons. The minimum atomic E-state index is 0.678. The van der Waals surface area contributed by atoms with Crippen molar-refractivity contribution in [3.63, 3.8) is 0 Å². The lowest BCUT2D eigenvalue weighted by Gasteiger charge is -2.24. The van der Waals surface area contributed by atoms with E-state index in [1.165, 1.54) is 25.9 Å². The maximum atomic E-state index is 6.23. The molecule has 2 atom stereocenters. The number of benzene rings is 1. The Morgan fingerprint density at radius 2 is 2.17 bits per heavy atom. The third-order valence-corrected chi connectivity index (χ3v) is 4.68. The Balaban J connectivity index is 1.68. The van der Waals surface area contributed by atoms with Crippen molar-refractivity contribution in [2.24, 2.45) is 5.92 Å². The largest absolute Gasteiger partial charge is 0.312 e. The van der Waals surface area contributed by atoms with Gasteiger partial charge in [0.2, 0.25) is 0 Å².